The molecule has 1 aliphatic heterocycles. The predicted molar refractivity (Wildman–Crippen MR) is 103 cm³/mol. The molecular weight excluding hydrogens is 423 g/mol. The fraction of sp³-hybridized carbons (Fsp3) is 0.263. The molecule has 0 bridgehead atoms. The summed E-state index contributed by atoms with van der Waals surface area (Å²) >= 11 is 0. The monoisotopic (exact) mass is 443 g/mol. The van der Waals surface area contributed by atoms with E-state index in [4.69, 9.17) is 10.6 Å². The molecule has 7 nitrogen and oxygen atoms in total. The molecule has 0 unspecified atom stereocenters. The lowest BCUT2D eigenvalue weighted by molar-refractivity contribution is -0.274. The maximum atomic E-state index is 12.7. The van der Waals surface area contributed by atoms with Gasteiger partial charge in [0.15, 0.2) is 0 Å². The lowest BCUT2D eigenvalue weighted by atomic mass is 10.2. The number of hydroxylamine groups is 1. The average molecular weight is 443 g/mol. The summed E-state index contributed by atoms with van der Waals surface area (Å²) in [6, 6.07) is 11.4. The average Bonchev–Trinajstić information content (AvgIpc) is 2.69. The number of ether oxygens (including phenoxy) is 1. The molecule has 0 aromatic heterocycles. The number of nitrogens with two attached hydrogens (primary N) is 1. The van der Waals surface area contributed by atoms with Crippen LogP contribution in [0.25, 0.3) is 0 Å². The Hall–Kier alpha value is -2.76. The van der Waals surface area contributed by atoms with Crippen LogP contribution in [0.4, 0.5) is 18.9 Å². The lowest BCUT2D eigenvalue weighted by Crippen LogP contribution is -2.36. The number of hydrogen-bond donors (Lipinski definition) is 2. The van der Waals surface area contributed by atoms with E-state index in [-0.39, 0.29) is 24.6 Å². The standard InChI is InChI=1S/C19H20F3N3O4S/c20-19(21,22)29-16-5-7-17(8-6-16)30(26,27)25-11-9-15(10-12-25)24-28-13-14-3-1-2-4-18(14)23/h1-9,24H,10-13,23H2. The van der Waals surface area contributed by atoms with Gasteiger partial charge in [-0.25, -0.2) is 8.42 Å². The van der Waals surface area contributed by atoms with Crippen molar-refractivity contribution in [1.29, 1.82) is 0 Å². The van der Waals surface area contributed by atoms with Crippen molar-refractivity contribution < 1.29 is 31.2 Å². The van der Waals surface area contributed by atoms with E-state index in [0.29, 0.717) is 12.1 Å². The van der Waals surface area contributed by atoms with Gasteiger partial charge in [-0.3, -0.25) is 10.3 Å². The molecule has 0 amide bonds. The quantitative estimate of drug-likeness (QED) is 0.504. The molecule has 162 valence electrons. The molecule has 2 aromatic carbocycles. The van der Waals surface area contributed by atoms with Crippen LogP contribution >= 0.6 is 0 Å². The lowest BCUT2D eigenvalue weighted by Gasteiger charge is -2.26. The summed E-state index contributed by atoms with van der Waals surface area (Å²) in [7, 11) is -3.85. The molecule has 0 fully saturated rings. The van der Waals surface area contributed by atoms with Crippen LogP contribution in [-0.4, -0.2) is 32.2 Å². The number of nitrogens with zero attached hydrogens (tertiary/aromatic N) is 1. The third-order valence-electron chi connectivity index (χ3n) is 4.35. The van der Waals surface area contributed by atoms with Gasteiger partial charge in [-0.05, 0) is 36.4 Å². The number of nitrogens with one attached hydrogen (secondary N) is 1. The van der Waals surface area contributed by atoms with Gasteiger partial charge < -0.3 is 10.5 Å². The molecule has 1 heterocycles. The van der Waals surface area contributed by atoms with Crippen LogP contribution in [-0.2, 0) is 21.5 Å². The van der Waals surface area contributed by atoms with Crippen LogP contribution in [0.3, 0.4) is 0 Å². The van der Waals surface area contributed by atoms with Crippen molar-refractivity contribution in [3.63, 3.8) is 0 Å². The largest absolute Gasteiger partial charge is 0.573 e. The minimum absolute atomic E-state index is 0.0995. The second-order valence-corrected chi connectivity index (χ2v) is 8.39. The number of anilines is 1. The number of alkyl halides is 3. The normalized spacial score (nSPS) is 15.5. The summed E-state index contributed by atoms with van der Waals surface area (Å²) in [6.45, 7) is 0.541. The van der Waals surface area contributed by atoms with Gasteiger partial charge in [-0.2, -0.15) is 4.31 Å². The number of benzene rings is 2. The van der Waals surface area contributed by atoms with E-state index in [0.717, 1.165) is 35.5 Å². The maximum Gasteiger partial charge on any atom is 0.573 e. The Kier molecular flexibility index (Phi) is 6.54. The van der Waals surface area contributed by atoms with Crippen molar-refractivity contribution >= 4 is 15.7 Å². The predicted octanol–water partition coefficient (Wildman–Crippen LogP) is 3.17. The molecule has 0 aliphatic carbocycles. The van der Waals surface area contributed by atoms with Crippen molar-refractivity contribution in [2.75, 3.05) is 18.8 Å². The first-order valence-electron chi connectivity index (χ1n) is 8.91. The molecule has 0 saturated carbocycles. The molecular formula is C19H20F3N3O4S. The van der Waals surface area contributed by atoms with Crippen LogP contribution < -0.4 is 16.0 Å². The summed E-state index contributed by atoms with van der Waals surface area (Å²) < 4.78 is 67.1. The third kappa shape index (κ3) is 5.65. The Bertz CT molecular complexity index is 1010. The molecule has 0 radical (unpaired) electrons. The molecule has 1 aliphatic rings. The van der Waals surface area contributed by atoms with E-state index in [1.54, 1.807) is 12.1 Å². The van der Waals surface area contributed by atoms with Gasteiger partial charge in [0.25, 0.3) is 0 Å². The molecule has 11 heteroatoms. The van der Waals surface area contributed by atoms with Gasteiger partial charge >= 0.3 is 6.36 Å². The van der Waals surface area contributed by atoms with Gasteiger partial charge in [0, 0.05) is 36.5 Å². The van der Waals surface area contributed by atoms with Crippen LogP contribution in [0.5, 0.6) is 5.75 Å². The molecule has 3 rings (SSSR count). The van der Waals surface area contributed by atoms with Gasteiger partial charge in [0.05, 0.1) is 4.90 Å². The second kappa shape index (κ2) is 8.94. The Morgan fingerprint density at radius 2 is 1.80 bits per heavy atom. The maximum absolute atomic E-state index is 12.7. The van der Waals surface area contributed by atoms with Crippen molar-refractivity contribution in [3.8, 4) is 5.75 Å². The van der Waals surface area contributed by atoms with Gasteiger partial charge in [-0.15, -0.1) is 13.2 Å². The second-order valence-electron chi connectivity index (χ2n) is 6.45. The van der Waals surface area contributed by atoms with Crippen LogP contribution in [0.1, 0.15) is 12.0 Å². The first-order valence-corrected chi connectivity index (χ1v) is 10.4. The minimum Gasteiger partial charge on any atom is -0.406 e. The molecule has 3 N–H and O–H groups in total. The molecule has 2 aromatic rings. The zero-order valence-electron chi connectivity index (χ0n) is 15.7. The highest BCUT2D eigenvalue weighted by molar-refractivity contribution is 7.89. The number of nitrogen functional groups attached to an aromatic ring is 1. The summed E-state index contributed by atoms with van der Waals surface area (Å²) in [6.07, 6.45) is -2.77. The van der Waals surface area contributed by atoms with E-state index in [9.17, 15) is 21.6 Å². The highest BCUT2D eigenvalue weighted by Gasteiger charge is 2.31. The Morgan fingerprint density at radius 1 is 1.10 bits per heavy atom. The molecule has 30 heavy (non-hydrogen) atoms. The summed E-state index contributed by atoms with van der Waals surface area (Å²) in [5.41, 5.74) is 10.8. The van der Waals surface area contributed by atoms with Crippen LogP contribution in [0.2, 0.25) is 0 Å². The topological polar surface area (TPSA) is 93.9 Å². The number of hydrogen-bond acceptors (Lipinski definition) is 6. The first-order chi connectivity index (χ1) is 14.1. The van der Waals surface area contributed by atoms with E-state index >= 15 is 0 Å². The highest BCUT2D eigenvalue weighted by Crippen LogP contribution is 2.26. The fourth-order valence-electron chi connectivity index (χ4n) is 2.80. The van der Waals surface area contributed by atoms with Crippen molar-refractivity contribution in [1.82, 2.24) is 9.79 Å². The molecule has 0 saturated heterocycles. The third-order valence-corrected chi connectivity index (χ3v) is 6.23. The zero-order chi connectivity index (χ0) is 21.8. The SMILES string of the molecule is Nc1ccccc1CONC1=CCN(S(=O)(=O)c2ccc(OC(F)(F)F)cc2)CC1. The van der Waals surface area contributed by atoms with E-state index in [1.807, 2.05) is 18.2 Å². The Balaban J connectivity index is 1.56. The minimum atomic E-state index is -4.84. The number of rotatable bonds is 7. The fourth-order valence-corrected chi connectivity index (χ4v) is 4.18. The van der Waals surface area contributed by atoms with Gasteiger partial charge in [-0.1, -0.05) is 18.2 Å². The van der Waals surface area contributed by atoms with Crippen molar-refractivity contribution in [2.24, 2.45) is 0 Å². The summed E-state index contributed by atoms with van der Waals surface area (Å²) in [5.74, 6) is -0.484. The Labute approximate surface area is 171 Å². The van der Waals surface area contributed by atoms with E-state index in [1.165, 1.54) is 4.31 Å². The molecule has 0 atom stereocenters. The molecule has 0 spiro atoms. The number of para-hydroxylation sites is 1. The van der Waals surface area contributed by atoms with E-state index in [2.05, 4.69) is 10.2 Å². The smallest absolute Gasteiger partial charge is 0.406 e. The highest BCUT2D eigenvalue weighted by atomic mass is 32.2. The van der Waals surface area contributed by atoms with Crippen molar-refractivity contribution in [3.05, 3.63) is 65.9 Å². The Morgan fingerprint density at radius 3 is 2.40 bits per heavy atom. The summed E-state index contributed by atoms with van der Waals surface area (Å²) in [4.78, 5) is 5.31. The van der Waals surface area contributed by atoms with Crippen molar-refractivity contribution in [2.45, 2.75) is 24.3 Å². The van der Waals surface area contributed by atoms with E-state index < -0.39 is 22.1 Å². The summed E-state index contributed by atoms with van der Waals surface area (Å²) in [5, 5.41) is 0. The van der Waals surface area contributed by atoms with Gasteiger partial charge in [0.1, 0.15) is 12.4 Å². The number of sulfonamides is 1. The zero-order valence-corrected chi connectivity index (χ0v) is 16.5. The first kappa shape index (κ1) is 21.9. The van der Waals surface area contributed by atoms with Crippen LogP contribution in [0.15, 0.2) is 65.2 Å². The van der Waals surface area contributed by atoms with Crippen LogP contribution in [0, 0.1) is 0 Å². The van der Waals surface area contributed by atoms with Gasteiger partial charge in [0.2, 0.25) is 10.0 Å². The number of halogens is 3.